The quantitative estimate of drug-likeness (QED) is 0.621. The normalized spacial score (nSPS) is 11.2. The van der Waals surface area contributed by atoms with Gasteiger partial charge in [-0.25, -0.2) is 9.59 Å². The van der Waals surface area contributed by atoms with Crippen LogP contribution in [-0.4, -0.2) is 36.8 Å². The Morgan fingerprint density at radius 3 is 1.78 bits per heavy atom. The maximum Gasteiger partial charge on any atom is 0.338 e. The van der Waals surface area contributed by atoms with Crippen molar-refractivity contribution in [3.05, 3.63) is 65.2 Å². The van der Waals surface area contributed by atoms with Crippen LogP contribution in [0.5, 0.6) is 0 Å². The molecule has 140 valence electrons. The summed E-state index contributed by atoms with van der Waals surface area (Å²) < 4.78 is 9.72. The van der Waals surface area contributed by atoms with Crippen molar-refractivity contribution in [1.82, 2.24) is 0 Å². The zero-order valence-corrected chi connectivity index (χ0v) is 15.1. The van der Waals surface area contributed by atoms with Gasteiger partial charge >= 0.3 is 11.9 Å². The Morgan fingerprint density at radius 1 is 0.815 bits per heavy atom. The Kier molecular flexibility index (Phi) is 6.43. The van der Waals surface area contributed by atoms with Gasteiger partial charge in [0.15, 0.2) is 11.9 Å². The van der Waals surface area contributed by atoms with Gasteiger partial charge in [-0.15, -0.1) is 0 Å². The van der Waals surface area contributed by atoms with E-state index in [0.717, 1.165) is 0 Å². The van der Waals surface area contributed by atoms with Gasteiger partial charge in [-0.05, 0) is 62.4 Å². The number of ketones is 1. The second-order valence-corrected chi connectivity index (χ2v) is 5.74. The molecule has 2 aromatic rings. The van der Waals surface area contributed by atoms with Gasteiger partial charge < -0.3 is 14.8 Å². The van der Waals surface area contributed by atoms with Crippen LogP contribution in [0.15, 0.2) is 48.5 Å². The van der Waals surface area contributed by atoms with Crippen molar-refractivity contribution in [1.29, 1.82) is 0 Å². The van der Waals surface area contributed by atoms with Gasteiger partial charge in [-0.2, -0.15) is 0 Å². The molecule has 2 aromatic carbocycles. The molecule has 0 aliphatic heterocycles. The molecule has 0 spiro atoms. The minimum atomic E-state index is -1.04. The third kappa shape index (κ3) is 5.24. The van der Waals surface area contributed by atoms with Crippen molar-refractivity contribution in [2.24, 2.45) is 0 Å². The fraction of sp³-hybridized carbons (Fsp3) is 0.200. The van der Waals surface area contributed by atoms with E-state index >= 15 is 0 Å². The Labute approximate surface area is 156 Å². The second kappa shape index (κ2) is 8.75. The number of benzene rings is 2. The van der Waals surface area contributed by atoms with E-state index in [2.05, 4.69) is 10.1 Å². The summed E-state index contributed by atoms with van der Waals surface area (Å²) in [6.07, 6.45) is -1.04. The monoisotopic (exact) mass is 369 g/mol. The van der Waals surface area contributed by atoms with Crippen molar-refractivity contribution < 1.29 is 28.7 Å². The molecule has 0 bridgehead atoms. The van der Waals surface area contributed by atoms with Crippen LogP contribution in [0.2, 0.25) is 0 Å². The minimum absolute atomic E-state index is 0.0756. The minimum Gasteiger partial charge on any atom is -0.465 e. The SMILES string of the molecule is COC(=O)c1ccc(C(=O)O[C@H](C)C(=O)Nc2ccc(C(C)=O)cc2)cc1. The largest absolute Gasteiger partial charge is 0.465 e. The molecular formula is C20H19NO6. The summed E-state index contributed by atoms with van der Waals surface area (Å²) in [6, 6.07) is 12.1. The fourth-order valence-corrected chi connectivity index (χ4v) is 2.17. The molecule has 1 amide bonds. The van der Waals surface area contributed by atoms with Crippen LogP contribution in [0.1, 0.15) is 44.9 Å². The Morgan fingerprint density at radius 2 is 1.30 bits per heavy atom. The lowest BCUT2D eigenvalue weighted by Crippen LogP contribution is -2.30. The topological polar surface area (TPSA) is 98.8 Å². The number of esters is 2. The molecule has 7 nitrogen and oxygen atoms in total. The third-order valence-corrected chi connectivity index (χ3v) is 3.75. The number of ether oxygens (including phenoxy) is 2. The first-order valence-corrected chi connectivity index (χ1v) is 8.13. The fourth-order valence-electron chi connectivity index (χ4n) is 2.17. The molecule has 0 aromatic heterocycles. The van der Waals surface area contributed by atoms with E-state index in [-0.39, 0.29) is 11.3 Å². The van der Waals surface area contributed by atoms with Gasteiger partial charge in [0.1, 0.15) is 0 Å². The molecule has 0 aliphatic rings. The number of anilines is 1. The number of methoxy groups -OCH3 is 1. The smallest absolute Gasteiger partial charge is 0.338 e. The zero-order valence-electron chi connectivity index (χ0n) is 15.1. The number of Topliss-reactive ketones (excluding diaryl/α,β-unsaturated/α-hetero) is 1. The summed E-state index contributed by atoms with van der Waals surface area (Å²) in [5.74, 6) is -1.79. The van der Waals surface area contributed by atoms with E-state index in [9.17, 15) is 19.2 Å². The van der Waals surface area contributed by atoms with Crippen molar-refractivity contribution in [2.45, 2.75) is 20.0 Å². The molecule has 0 saturated heterocycles. The first-order chi connectivity index (χ1) is 12.8. The molecule has 0 unspecified atom stereocenters. The number of amides is 1. The lowest BCUT2D eigenvalue weighted by molar-refractivity contribution is -0.123. The summed E-state index contributed by atoms with van der Waals surface area (Å²) in [7, 11) is 1.26. The van der Waals surface area contributed by atoms with Crippen LogP contribution in [0, 0.1) is 0 Å². The maximum absolute atomic E-state index is 12.2. The zero-order chi connectivity index (χ0) is 20.0. The van der Waals surface area contributed by atoms with E-state index in [1.807, 2.05) is 0 Å². The molecule has 27 heavy (non-hydrogen) atoms. The Hall–Kier alpha value is -3.48. The molecule has 0 fully saturated rings. The van der Waals surface area contributed by atoms with Crippen molar-refractivity contribution in [3.8, 4) is 0 Å². The summed E-state index contributed by atoms with van der Waals surface area (Å²) in [5.41, 5.74) is 1.51. The molecule has 2 rings (SSSR count). The number of hydrogen-bond acceptors (Lipinski definition) is 6. The van der Waals surface area contributed by atoms with E-state index < -0.39 is 23.9 Å². The first kappa shape index (κ1) is 19.8. The van der Waals surface area contributed by atoms with Crippen LogP contribution in [0.25, 0.3) is 0 Å². The molecule has 1 N–H and O–H groups in total. The highest BCUT2D eigenvalue weighted by Crippen LogP contribution is 2.12. The predicted octanol–water partition coefficient (Wildman–Crippen LogP) is 2.86. The summed E-state index contributed by atoms with van der Waals surface area (Å²) in [4.78, 5) is 46.9. The molecule has 1 atom stereocenters. The average Bonchev–Trinajstić information content (AvgIpc) is 2.67. The number of hydrogen-bond donors (Lipinski definition) is 1. The van der Waals surface area contributed by atoms with E-state index in [1.165, 1.54) is 45.2 Å². The lowest BCUT2D eigenvalue weighted by Gasteiger charge is -2.14. The van der Waals surface area contributed by atoms with Crippen LogP contribution < -0.4 is 5.32 Å². The number of rotatable bonds is 6. The molecule has 7 heteroatoms. The van der Waals surface area contributed by atoms with Crippen molar-refractivity contribution in [3.63, 3.8) is 0 Å². The van der Waals surface area contributed by atoms with Gasteiger partial charge in [0.25, 0.3) is 5.91 Å². The van der Waals surface area contributed by atoms with Crippen LogP contribution in [0.3, 0.4) is 0 Å². The highest BCUT2D eigenvalue weighted by Gasteiger charge is 2.19. The highest BCUT2D eigenvalue weighted by atomic mass is 16.5. The van der Waals surface area contributed by atoms with E-state index in [4.69, 9.17) is 4.74 Å². The Balaban J connectivity index is 1.95. The molecule has 0 aliphatic carbocycles. The van der Waals surface area contributed by atoms with Crippen LogP contribution in [-0.2, 0) is 14.3 Å². The summed E-state index contributed by atoms with van der Waals surface area (Å²) in [5, 5.41) is 2.61. The molecule has 0 radical (unpaired) electrons. The summed E-state index contributed by atoms with van der Waals surface area (Å²) in [6.45, 7) is 2.90. The molecular weight excluding hydrogens is 350 g/mol. The van der Waals surface area contributed by atoms with Gasteiger partial charge in [-0.1, -0.05) is 0 Å². The Bertz CT molecular complexity index is 855. The van der Waals surface area contributed by atoms with Crippen LogP contribution in [0.4, 0.5) is 5.69 Å². The van der Waals surface area contributed by atoms with Crippen LogP contribution >= 0.6 is 0 Å². The van der Waals surface area contributed by atoms with Crippen molar-refractivity contribution in [2.75, 3.05) is 12.4 Å². The number of carbonyl (C=O) groups is 4. The standard InChI is InChI=1S/C20H19NO6/c1-12(22)14-8-10-17(11-9-14)21-18(23)13(2)27-20(25)16-6-4-15(5-7-16)19(24)26-3/h4-11,13H,1-3H3,(H,21,23)/t13-/m1/s1. The number of carbonyl (C=O) groups excluding carboxylic acids is 4. The van der Waals surface area contributed by atoms with Gasteiger partial charge in [0.2, 0.25) is 0 Å². The molecule has 0 heterocycles. The van der Waals surface area contributed by atoms with Gasteiger partial charge in [0, 0.05) is 11.3 Å². The van der Waals surface area contributed by atoms with E-state index in [1.54, 1.807) is 24.3 Å². The first-order valence-electron chi connectivity index (χ1n) is 8.13. The predicted molar refractivity (Wildman–Crippen MR) is 97.7 cm³/mol. The second-order valence-electron chi connectivity index (χ2n) is 5.74. The van der Waals surface area contributed by atoms with Crippen molar-refractivity contribution >= 4 is 29.3 Å². The van der Waals surface area contributed by atoms with E-state index in [0.29, 0.717) is 16.8 Å². The maximum atomic E-state index is 12.2. The third-order valence-electron chi connectivity index (χ3n) is 3.75. The van der Waals surface area contributed by atoms with Gasteiger partial charge in [-0.3, -0.25) is 9.59 Å². The number of nitrogens with one attached hydrogen (secondary N) is 1. The average molecular weight is 369 g/mol. The molecule has 0 saturated carbocycles. The summed E-state index contributed by atoms with van der Waals surface area (Å²) >= 11 is 0. The highest BCUT2D eigenvalue weighted by molar-refractivity contribution is 5.99. The van der Waals surface area contributed by atoms with Gasteiger partial charge in [0.05, 0.1) is 18.2 Å². The lowest BCUT2D eigenvalue weighted by atomic mass is 10.1.